The quantitative estimate of drug-likeness (QED) is 0.491. The van der Waals surface area contributed by atoms with Crippen molar-refractivity contribution in [2.45, 2.75) is 32.4 Å². The molecule has 2 atom stereocenters. The number of carbonyl (C=O) groups is 2. The minimum atomic E-state index is -0.454. The van der Waals surface area contributed by atoms with E-state index in [0.717, 1.165) is 11.3 Å². The Balaban J connectivity index is 1.34. The van der Waals surface area contributed by atoms with Gasteiger partial charge in [-0.25, -0.2) is 15.8 Å². The number of hydrazine groups is 2. The summed E-state index contributed by atoms with van der Waals surface area (Å²) < 4.78 is 5.56. The van der Waals surface area contributed by atoms with Crippen molar-refractivity contribution in [1.82, 2.24) is 26.7 Å². The van der Waals surface area contributed by atoms with Crippen LogP contribution in [0.25, 0.3) is 10.8 Å². The first-order valence-corrected chi connectivity index (χ1v) is 10.0. The van der Waals surface area contributed by atoms with Crippen LogP contribution in [0, 0.1) is 13.8 Å². The van der Waals surface area contributed by atoms with Crippen LogP contribution in [0.3, 0.4) is 0 Å². The average molecular weight is 411 g/mol. The minimum absolute atomic E-state index is 0.0331. The Morgan fingerprint density at radius 2 is 1.90 bits per heavy atom. The molecule has 1 saturated heterocycles. The summed E-state index contributed by atoms with van der Waals surface area (Å²) in [7, 11) is 0. The SMILES string of the molecule is Cc1ccc(-c2nc(C)c(C(=O)NNC(=O)C3CC(c4ccccc4)NN3)s2)o1. The fourth-order valence-corrected chi connectivity index (χ4v) is 4.08. The molecule has 3 aromatic rings. The van der Waals surface area contributed by atoms with E-state index in [4.69, 9.17) is 4.42 Å². The summed E-state index contributed by atoms with van der Waals surface area (Å²) in [6.07, 6.45) is 0.577. The number of hydrogen-bond donors (Lipinski definition) is 4. The van der Waals surface area contributed by atoms with Gasteiger partial charge in [0, 0.05) is 6.04 Å². The molecule has 4 N–H and O–H groups in total. The van der Waals surface area contributed by atoms with E-state index in [0.29, 0.717) is 27.8 Å². The van der Waals surface area contributed by atoms with E-state index in [1.807, 2.05) is 49.4 Å². The highest BCUT2D eigenvalue weighted by Gasteiger charge is 2.30. The Morgan fingerprint density at radius 1 is 1.10 bits per heavy atom. The summed E-state index contributed by atoms with van der Waals surface area (Å²) in [5.41, 5.74) is 12.7. The standard InChI is InChI=1S/C20H21N5O3S/c1-11-8-9-16(28-11)20-21-12(2)17(29-20)19(27)25-24-18(26)15-10-14(22-23-15)13-6-4-3-5-7-13/h3-9,14-15,22-23H,10H2,1-2H3,(H,24,26)(H,25,27). The number of benzene rings is 1. The van der Waals surface area contributed by atoms with Gasteiger partial charge in [0.15, 0.2) is 10.8 Å². The molecule has 1 aromatic carbocycles. The molecular weight excluding hydrogens is 390 g/mol. The third-order valence-corrected chi connectivity index (χ3v) is 5.85. The van der Waals surface area contributed by atoms with Crippen LogP contribution >= 0.6 is 11.3 Å². The maximum absolute atomic E-state index is 12.5. The van der Waals surface area contributed by atoms with Gasteiger partial charge in [-0.3, -0.25) is 20.4 Å². The van der Waals surface area contributed by atoms with Crippen molar-refractivity contribution in [3.63, 3.8) is 0 Å². The molecule has 1 aliphatic rings. The summed E-state index contributed by atoms with van der Waals surface area (Å²) in [6.45, 7) is 3.60. The molecule has 0 saturated carbocycles. The molecule has 8 nitrogen and oxygen atoms in total. The molecule has 0 spiro atoms. The monoisotopic (exact) mass is 411 g/mol. The first-order valence-electron chi connectivity index (χ1n) is 9.21. The molecule has 1 fully saturated rings. The smallest absolute Gasteiger partial charge is 0.281 e. The van der Waals surface area contributed by atoms with Crippen molar-refractivity contribution in [2.24, 2.45) is 0 Å². The first-order chi connectivity index (χ1) is 14.0. The summed E-state index contributed by atoms with van der Waals surface area (Å²) in [6, 6.07) is 13.1. The zero-order chi connectivity index (χ0) is 20.4. The fraction of sp³-hybridized carbons (Fsp3) is 0.250. The summed E-state index contributed by atoms with van der Waals surface area (Å²) in [4.78, 5) is 29.7. The number of thiazole rings is 1. The highest BCUT2D eigenvalue weighted by atomic mass is 32.1. The highest BCUT2D eigenvalue weighted by Crippen LogP contribution is 2.29. The summed E-state index contributed by atoms with van der Waals surface area (Å²) in [5.74, 6) is 0.672. The van der Waals surface area contributed by atoms with Gasteiger partial charge >= 0.3 is 0 Å². The number of rotatable bonds is 4. The number of nitrogens with one attached hydrogen (secondary N) is 4. The Labute approximate surface area is 171 Å². The average Bonchev–Trinajstić information content (AvgIpc) is 3.46. The van der Waals surface area contributed by atoms with Gasteiger partial charge in [-0.15, -0.1) is 11.3 Å². The predicted octanol–water partition coefficient (Wildman–Crippen LogP) is 2.39. The van der Waals surface area contributed by atoms with E-state index < -0.39 is 11.9 Å². The van der Waals surface area contributed by atoms with Crippen LogP contribution < -0.4 is 21.7 Å². The maximum Gasteiger partial charge on any atom is 0.281 e. The molecule has 1 aliphatic heterocycles. The lowest BCUT2D eigenvalue weighted by Crippen LogP contribution is -2.50. The van der Waals surface area contributed by atoms with E-state index in [1.165, 1.54) is 11.3 Å². The molecule has 9 heteroatoms. The van der Waals surface area contributed by atoms with Gasteiger partial charge in [-0.05, 0) is 38.0 Å². The molecule has 3 heterocycles. The molecule has 2 amide bonds. The normalized spacial score (nSPS) is 18.6. The first kappa shape index (κ1) is 19.3. The Bertz CT molecular complexity index is 1030. The molecule has 0 aliphatic carbocycles. The number of furan rings is 1. The zero-order valence-electron chi connectivity index (χ0n) is 16.0. The minimum Gasteiger partial charge on any atom is -0.459 e. The third kappa shape index (κ3) is 4.21. The number of nitrogens with zero attached hydrogens (tertiary/aromatic N) is 1. The van der Waals surface area contributed by atoms with Crippen LogP contribution in [0.4, 0.5) is 0 Å². The van der Waals surface area contributed by atoms with Crippen molar-refractivity contribution < 1.29 is 14.0 Å². The topological polar surface area (TPSA) is 108 Å². The van der Waals surface area contributed by atoms with Gasteiger partial charge in [0.25, 0.3) is 11.8 Å². The molecule has 2 aromatic heterocycles. The van der Waals surface area contributed by atoms with Crippen LogP contribution in [-0.4, -0.2) is 22.8 Å². The van der Waals surface area contributed by atoms with E-state index in [9.17, 15) is 9.59 Å². The fourth-order valence-electron chi connectivity index (χ4n) is 3.16. The van der Waals surface area contributed by atoms with E-state index >= 15 is 0 Å². The predicted molar refractivity (Wildman–Crippen MR) is 109 cm³/mol. The van der Waals surface area contributed by atoms with Gasteiger partial charge in [0.1, 0.15) is 16.7 Å². The molecule has 29 heavy (non-hydrogen) atoms. The second-order valence-corrected chi connectivity index (χ2v) is 7.83. The molecule has 0 bridgehead atoms. The second-order valence-electron chi connectivity index (χ2n) is 6.83. The summed E-state index contributed by atoms with van der Waals surface area (Å²) in [5, 5.41) is 0.624. The number of aryl methyl sites for hydroxylation is 2. The van der Waals surface area contributed by atoms with Gasteiger partial charge in [0.2, 0.25) is 0 Å². The van der Waals surface area contributed by atoms with Crippen LogP contribution in [0.5, 0.6) is 0 Å². The largest absolute Gasteiger partial charge is 0.459 e. The zero-order valence-corrected chi connectivity index (χ0v) is 16.8. The van der Waals surface area contributed by atoms with E-state index in [2.05, 4.69) is 26.7 Å². The van der Waals surface area contributed by atoms with Crippen LogP contribution in [-0.2, 0) is 4.79 Å². The number of aromatic nitrogens is 1. The van der Waals surface area contributed by atoms with Crippen molar-refractivity contribution in [3.8, 4) is 10.8 Å². The second kappa shape index (κ2) is 8.16. The van der Waals surface area contributed by atoms with Crippen molar-refractivity contribution in [1.29, 1.82) is 0 Å². The third-order valence-electron chi connectivity index (χ3n) is 4.67. The van der Waals surface area contributed by atoms with Crippen molar-refractivity contribution in [3.05, 3.63) is 64.4 Å². The lowest BCUT2D eigenvalue weighted by molar-refractivity contribution is -0.123. The number of hydrogen-bond acceptors (Lipinski definition) is 7. The summed E-state index contributed by atoms with van der Waals surface area (Å²) >= 11 is 1.22. The highest BCUT2D eigenvalue weighted by molar-refractivity contribution is 7.17. The van der Waals surface area contributed by atoms with E-state index in [-0.39, 0.29) is 11.9 Å². The van der Waals surface area contributed by atoms with Crippen LogP contribution in [0.1, 0.15) is 39.2 Å². The van der Waals surface area contributed by atoms with Crippen LogP contribution in [0.15, 0.2) is 46.9 Å². The molecule has 0 radical (unpaired) electrons. The number of amides is 2. The lowest BCUT2D eigenvalue weighted by Gasteiger charge is -2.11. The van der Waals surface area contributed by atoms with Crippen molar-refractivity contribution >= 4 is 23.2 Å². The Kier molecular flexibility index (Phi) is 5.43. The van der Waals surface area contributed by atoms with Crippen molar-refractivity contribution in [2.75, 3.05) is 0 Å². The van der Waals surface area contributed by atoms with E-state index in [1.54, 1.807) is 6.92 Å². The molecule has 150 valence electrons. The Morgan fingerprint density at radius 3 is 2.62 bits per heavy atom. The molecule has 4 rings (SSSR count). The lowest BCUT2D eigenvalue weighted by atomic mass is 10.0. The van der Waals surface area contributed by atoms with Gasteiger partial charge in [0.05, 0.1) is 5.69 Å². The Hall–Kier alpha value is -3.01. The van der Waals surface area contributed by atoms with Crippen LogP contribution in [0.2, 0.25) is 0 Å². The maximum atomic E-state index is 12.5. The van der Waals surface area contributed by atoms with Gasteiger partial charge < -0.3 is 4.42 Å². The molecule has 2 unspecified atom stereocenters. The van der Waals surface area contributed by atoms with Gasteiger partial charge in [-0.1, -0.05) is 30.3 Å². The number of carbonyl (C=O) groups excluding carboxylic acids is 2. The van der Waals surface area contributed by atoms with Gasteiger partial charge in [-0.2, -0.15) is 0 Å². The molecular formula is C20H21N5O3S.